The Morgan fingerprint density at radius 1 is 0.810 bits per heavy atom. The zero-order valence-corrected chi connectivity index (χ0v) is 45.3. The summed E-state index contributed by atoms with van der Waals surface area (Å²) in [6, 6.07) is 26.7. The van der Waals surface area contributed by atoms with E-state index in [0.29, 0.717) is 80.3 Å². The van der Waals surface area contributed by atoms with Crippen molar-refractivity contribution in [3.8, 4) is 16.9 Å². The predicted molar refractivity (Wildman–Crippen MR) is 296 cm³/mol. The summed E-state index contributed by atoms with van der Waals surface area (Å²) in [5.41, 5.74) is 3.15. The fraction of sp³-hybridized carbons (Fsp3) is 0.407. The summed E-state index contributed by atoms with van der Waals surface area (Å²) in [4.78, 5) is 68.2. The number of benzene rings is 4. The number of aromatic nitrogens is 4. The molecule has 412 valence electrons. The maximum atomic E-state index is 15.5. The average Bonchev–Trinajstić information content (AvgIpc) is 4.14. The Morgan fingerprint density at radius 3 is 2.34 bits per heavy atom. The first kappa shape index (κ1) is 53.6. The molecule has 4 aromatic carbocycles. The summed E-state index contributed by atoms with van der Waals surface area (Å²) >= 11 is 1.38. The van der Waals surface area contributed by atoms with Crippen molar-refractivity contribution in [3.63, 3.8) is 0 Å². The number of ether oxygens (including phenoxy) is 3. The molecule has 2 N–H and O–H groups in total. The van der Waals surface area contributed by atoms with Crippen LogP contribution >= 0.6 is 11.3 Å². The van der Waals surface area contributed by atoms with Crippen molar-refractivity contribution in [2.45, 2.75) is 102 Å². The van der Waals surface area contributed by atoms with Gasteiger partial charge in [0, 0.05) is 87.0 Å². The molecule has 0 radical (unpaired) electrons. The monoisotopic (exact) mass is 1100 g/mol. The molecule has 11 rings (SSSR count). The molecule has 2 saturated heterocycles. The lowest BCUT2D eigenvalue weighted by Crippen LogP contribution is -2.47. The van der Waals surface area contributed by atoms with E-state index in [1.54, 1.807) is 37.6 Å². The second kappa shape index (κ2) is 22.0. The molecular formula is C59H62F3N9O7S. The minimum Gasteiger partial charge on any atom is -0.490 e. The fourth-order valence-corrected chi connectivity index (χ4v) is 12.2. The number of thiazole rings is 1. The number of carbonyl (C=O) groups is 4. The van der Waals surface area contributed by atoms with Crippen LogP contribution in [0.2, 0.25) is 0 Å². The summed E-state index contributed by atoms with van der Waals surface area (Å²) < 4.78 is 67.5. The normalized spacial score (nSPS) is 19.4. The molecule has 3 amide bonds. The summed E-state index contributed by atoms with van der Waals surface area (Å²) in [7, 11) is 1.87. The molecule has 4 aliphatic rings. The van der Waals surface area contributed by atoms with Gasteiger partial charge in [-0.15, -0.1) is 0 Å². The number of para-hydroxylation sites is 1. The first-order valence-electron chi connectivity index (χ1n) is 27.0. The van der Waals surface area contributed by atoms with Crippen LogP contribution in [-0.2, 0) is 45.3 Å². The van der Waals surface area contributed by atoms with Gasteiger partial charge in [0.15, 0.2) is 10.8 Å². The minimum absolute atomic E-state index is 0.0455. The molecule has 1 saturated carbocycles. The fourth-order valence-electron chi connectivity index (χ4n) is 11.3. The van der Waals surface area contributed by atoms with Crippen LogP contribution in [0.4, 0.5) is 29.8 Å². The number of fused-ring (bicyclic) bond motifs is 3. The van der Waals surface area contributed by atoms with E-state index in [-0.39, 0.29) is 52.9 Å². The Kier molecular flexibility index (Phi) is 14.9. The van der Waals surface area contributed by atoms with E-state index in [4.69, 9.17) is 19.2 Å². The van der Waals surface area contributed by atoms with Crippen LogP contribution in [0, 0.1) is 0 Å². The van der Waals surface area contributed by atoms with Gasteiger partial charge in [0.05, 0.1) is 46.2 Å². The summed E-state index contributed by atoms with van der Waals surface area (Å²) in [6.45, 7) is 10.4. The molecule has 0 spiro atoms. The first-order valence-corrected chi connectivity index (χ1v) is 27.8. The number of alkyl halides is 3. The lowest BCUT2D eigenvalue weighted by molar-refractivity contribution is -0.139. The number of amides is 3. The van der Waals surface area contributed by atoms with E-state index in [2.05, 4.69) is 42.6 Å². The van der Waals surface area contributed by atoms with Gasteiger partial charge in [-0.1, -0.05) is 47.7 Å². The van der Waals surface area contributed by atoms with Crippen molar-refractivity contribution in [3.05, 3.63) is 125 Å². The zero-order valence-electron chi connectivity index (χ0n) is 44.5. The molecule has 20 heteroatoms. The second-order valence-corrected chi connectivity index (χ2v) is 22.8. The van der Waals surface area contributed by atoms with Gasteiger partial charge in [-0.3, -0.25) is 34.6 Å². The molecule has 1 unspecified atom stereocenters. The number of rotatable bonds is 13. The highest BCUT2D eigenvalue weighted by molar-refractivity contribution is 7.22. The van der Waals surface area contributed by atoms with Gasteiger partial charge in [0.1, 0.15) is 22.7 Å². The number of pyridine rings is 1. The maximum absolute atomic E-state index is 15.5. The largest absolute Gasteiger partial charge is 0.490 e. The summed E-state index contributed by atoms with van der Waals surface area (Å²) in [5.74, 6) is -2.18. The van der Waals surface area contributed by atoms with E-state index >= 15 is 13.2 Å². The zero-order chi connectivity index (χ0) is 55.2. The summed E-state index contributed by atoms with van der Waals surface area (Å²) in [6.07, 6.45) is -1.84. The molecule has 0 bridgehead atoms. The third kappa shape index (κ3) is 11.7. The van der Waals surface area contributed by atoms with Gasteiger partial charge in [0.2, 0.25) is 11.8 Å². The topological polar surface area (TPSA) is 173 Å². The SMILES string of the molecule is Cn1nc(C2CCC(=O)NC2=O)c2ccc(N3CCN(CCOC4CCC(Oc5cccc(-c6ccc(N7CCc8cccc(C(=O)Nc9nc%10ccccc%10s9)c8C7)nc6C(=O)OC(C)(C)C)c5C(F)(F)F)CC4)CC3)cc21. The minimum atomic E-state index is -4.86. The van der Waals surface area contributed by atoms with Crippen molar-refractivity contribution in [2.75, 3.05) is 61.0 Å². The number of anilines is 3. The van der Waals surface area contributed by atoms with Crippen LogP contribution in [0.25, 0.3) is 32.2 Å². The second-order valence-electron chi connectivity index (χ2n) is 21.7. The number of esters is 1. The first-order chi connectivity index (χ1) is 37.9. The van der Waals surface area contributed by atoms with Crippen LogP contribution in [-0.4, -0.2) is 112 Å². The number of nitrogens with zero attached hydrogens (tertiary/aromatic N) is 7. The number of piperidine rings is 1. The Hall–Kier alpha value is -7.42. The van der Waals surface area contributed by atoms with Crippen LogP contribution in [0.15, 0.2) is 91.0 Å². The quantitative estimate of drug-likeness (QED) is 0.0826. The number of hydrogen-bond donors (Lipinski definition) is 2. The molecule has 1 aliphatic carbocycles. The highest BCUT2D eigenvalue weighted by atomic mass is 32.1. The number of aryl methyl sites for hydroxylation is 1. The molecule has 3 fully saturated rings. The van der Waals surface area contributed by atoms with Crippen LogP contribution in [0.5, 0.6) is 5.75 Å². The van der Waals surface area contributed by atoms with Crippen molar-refractivity contribution in [1.29, 1.82) is 0 Å². The highest BCUT2D eigenvalue weighted by Gasteiger charge is 2.40. The molecule has 7 aromatic rings. The van der Waals surface area contributed by atoms with Gasteiger partial charge in [-0.05, 0) is 125 Å². The number of imide groups is 1. The number of piperazine rings is 1. The van der Waals surface area contributed by atoms with E-state index in [9.17, 15) is 19.2 Å². The van der Waals surface area contributed by atoms with E-state index < -0.39 is 35.3 Å². The van der Waals surface area contributed by atoms with Gasteiger partial charge in [-0.25, -0.2) is 14.8 Å². The Morgan fingerprint density at radius 2 is 1.58 bits per heavy atom. The molecule has 3 aromatic heterocycles. The smallest absolute Gasteiger partial charge is 0.420 e. The van der Waals surface area contributed by atoms with Gasteiger partial charge < -0.3 is 24.0 Å². The molecule has 1 atom stereocenters. The molecule has 79 heavy (non-hydrogen) atoms. The third-order valence-electron chi connectivity index (χ3n) is 15.3. The van der Waals surface area contributed by atoms with Crippen LogP contribution < -0.4 is 25.2 Å². The van der Waals surface area contributed by atoms with Crippen LogP contribution in [0.1, 0.15) is 108 Å². The number of carbonyl (C=O) groups excluding carboxylic acids is 4. The van der Waals surface area contributed by atoms with Gasteiger partial charge in [0.25, 0.3) is 5.91 Å². The van der Waals surface area contributed by atoms with E-state index in [1.807, 2.05) is 54.4 Å². The number of halogens is 3. The third-order valence-corrected chi connectivity index (χ3v) is 16.2. The van der Waals surface area contributed by atoms with Gasteiger partial charge in [-0.2, -0.15) is 18.3 Å². The average molecular weight is 1100 g/mol. The highest BCUT2D eigenvalue weighted by Crippen LogP contribution is 2.45. The van der Waals surface area contributed by atoms with Crippen molar-refractivity contribution < 1.29 is 46.6 Å². The molecule has 6 heterocycles. The molecule has 3 aliphatic heterocycles. The Balaban J connectivity index is 0.722. The Bertz CT molecular complexity index is 3430. The molecule has 16 nitrogen and oxygen atoms in total. The van der Waals surface area contributed by atoms with E-state index in [0.717, 1.165) is 70.7 Å². The lowest BCUT2D eigenvalue weighted by Gasteiger charge is -2.36. The van der Waals surface area contributed by atoms with Crippen LogP contribution in [0.3, 0.4) is 0 Å². The van der Waals surface area contributed by atoms with Crippen molar-refractivity contribution in [2.24, 2.45) is 7.05 Å². The summed E-state index contributed by atoms with van der Waals surface area (Å²) in [5, 5.41) is 11.5. The van der Waals surface area contributed by atoms with E-state index in [1.165, 1.54) is 35.6 Å². The molecular weight excluding hydrogens is 1040 g/mol. The Labute approximate surface area is 459 Å². The standard InChI is InChI=1S/C59H62F3N9O7S/c1-58(2,3)78-56(75)53-40(21-23-49(64-53)71-26-25-35-9-7-11-41(44(35)34-71)54(73)66-57-63-45-12-5-6-14-48(45)79-57)39-10-8-13-47(51(39)59(60,61)62)77-38-18-16-37(17-19-38)76-32-31-69-27-29-70(30-28-69)36-15-20-42-46(33-36)68(4)67-52(42)43-22-24-50(72)65-55(43)74/h5-15,20-21,23,33,37-38,43H,16-19,22,24-32,34H2,1-4H3,(H,63,66,73)(H,65,72,74). The maximum Gasteiger partial charge on any atom is 0.420 e. The van der Waals surface area contributed by atoms with Crippen molar-refractivity contribution in [1.82, 2.24) is 30.0 Å². The number of hydrogen-bond acceptors (Lipinski definition) is 14. The lowest BCUT2D eigenvalue weighted by atomic mass is 9.93. The van der Waals surface area contributed by atoms with Crippen molar-refractivity contribution >= 4 is 72.8 Å². The number of nitrogens with one attached hydrogen (secondary N) is 2. The van der Waals surface area contributed by atoms with Gasteiger partial charge >= 0.3 is 12.1 Å². The predicted octanol–water partition coefficient (Wildman–Crippen LogP) is 10.1.